The molecule has 2 heterocycles. The van der Waals surface area contributed by atoms with Crippen molar-refractivity contribution in [2.75, 3.05) is 17.2 Å². The zero-order chi connectivity index (χ0) is 20.9. The number of anilines is 3. The lowest BCUT2D eigenvalue weighted by molar-refractivity contribution is 0.277. The number of fused-ring (bicyclic) bond motifs is 1. The van der Waals surface area contributed by atoms with Crippen molar-refractivity contribution in [3.05, 3.63) is 82.8 Å². The maximum absolute atomic E-state index is 9.28. The number of nitrogens with zero attached hydrogens (tertiary/aromatic N) is 1. The molecule has 6 heteroatoms. The molecule has 0 radical (unpaired) electrons. The second-order valence-electron chi connectivity index (χ2n) is 7.20. The SMILES string of the molecule is CCc1cc(Nc2ccnc(CO)c2)c(Cl)cc1NCCc1c[nH]c2ccccc12. The summed E-state index contributed by atoms with van der Waals surface area (Å²) in [4.78, 5) is 7.44. The number of halogens is 1. The largest absolute Gasteiger partial charge is 0.390 e. The predicted octanol–water partition coefficient (Wildman–Crippen LogP) is 5.67. The Hall–Kier alpha value is -3.02. The number of aliphatic hydroxyl groups excluding tert-OH is 1. The molecule has 4 rings (SSSR count). The molecular weight excluding hydrogens is 396 g/mol. The zero-order valence-corrected chi connectivity index (χ0v) is 17.6. The third-order valence-electron chi connectivity index (χ3n) is 5.22. The molecule has 4 N–H and O–H groups in total. The summed E-state index contributed by atoms with van der Waals surface area (Å²) in [6.45, 7) is 2.86. The van der Waals surface area contributed by atoms with E-state index in [0.29, 0.717) is 10.7 Å². The Morgan fingerprint density at radius 1 is 1.07 bits per heavy atom. The summed E-state index contributed by atoms with van der Waals surface area (Å²) in [6.07, 6.45) is 5.57. The number of pyridine rings is 1. The first-order chi connectivity index (χ1) is 14.7. The maximum Gasteiger partial charge on any atom is 0.0853 e. The van der Waals surface area contributed by atoms with Crippen molar-refractivity contribution >= 4 is 39.6 Å². The number of hydrogen-bond acceptors (Lipinski definition) is 4. The lowest BCUT2D eigenvalue weighted by atomic mass is 10.1. The van der Waals surface area contributed by atoms with Gasteiger partial charge in [0.05, 0.1) is 23.0 Å². The van der Waals surface area contributed by atoms with Crippen LogP contribution in [-0.2, 0) is 19.4 Å². The molecule has 5 nitrogen and oxygen atoms in total. The van der Waals surface area contributed by atoms with Crippen LogP contribution in [0.2, 0.25) is 5.02 Å². The number of aliphatic hydroxyl groups is 1. The van der Waals surface area contributed by atoms with E-state index in [1.807, 2.05) is 24.3 Å². The van der Waals surface area contributed by atoms with E-state index < -0.39 is 0 Å². The Balaban J connectivity index is 1.47. The summed E-state index contributed by atoms with van der Waals surface area (Å²) in [5.74, 6) is 0. The van der Waals surface area contributed by atoms with Gasteiger partial charge in [-0.05, 0) is 54.3 Å². The summed E-state index contributed by atoms with van der Waals surface area (Å²) in [5, 5.41) is 18.1. The first-order valence-corrected chi connectivity index (χ1v) is 10.5. The van der Waals surface area contributed by atoms with Crippen molar-refractivity contribution in [1.82, 2.24) is 9.97 Å². The van der Waals surface area contributed by atoms with Gasteiger partial charge in [-0.1, -0.05) is 36.7 Å². The van der Waals surface area contributed by atoms with E-state index in [4.69, 9.17) is 11.6 Å². The lowest BCUT2D eigenvalue weighted by Crippen LogP contribution is -2.07. The molecule has 0 spiro atoms. The van der Waals surface area contributed by atoms with Crippen molar-refractivity contribution < 1.29 is 5.11 Å². The van der Waals surface area contributed by atoms with Crippen molar-refractivity contribution in [3.8, 4) is 0 Å². The number of H-pyrrole nitrogens is 1. The fourth-order valence-electron chi connectivity index (χ4n) is 3.64. The molecule has 0 aliphatic rings. The maximum atomic E-state index is 9.28. The van der Waals surface area contributed by atoms with E-state index in [2.05, 4.69) is 58.0 Å². The standard InChI is InChI=1S/C24H25ClN4O/c1-2-16-11-24(29-18-8-10-26-19(12-18)15-30)21(25)13-23(16)27-9-7-17-14-28-22-6-4-3-5-20(17)22/h3-6,8,10-14,27-28,30H,2,7,9,15H2,1H3,(H,26,29). The van der Waals surface area contributed by atoms with Crippen molar-refractivity contribution in [2.24, 2.45) is 0 Å². The van der Waals surface area contributed by atoms with Crippen LogP contribution in [0.15, 0.2) is 60.9 Å². The Morgan fingerprint density at radius 2 is 1.93 bits per heavy atom. The lowest BCUT2D eigenvalue weighted by Gasteiger charge is -2.16. The number of aromatic nitrogens is 2. The van der Waals surface area contributed by atoms with Gasteiger partial charge in [-0.3, -0.25) is 4.98 Å². The quantitative estimate of drug-likeness (QED) is 0.296. The first-order valence-electron chi connectivity index (χ1n) is 10.1. The molecule has 0 fully saturated rings. The average Bonchev–Trinajstić information content (AvgIpc) is 3.19. The Kier molecular flexibility index (Phi) is 6.21. The predicted molar refractivity (Wildman–Crippen MR) is 125 cm³/mol. The monoisotopic (exact) mass is 420 g/mol. The van der Waals surface area contributed by atoms with Crippen LogP contribution in [0.3, 0.4) is 0 Å². The smallest absolute Gasteiger partial charge is 0.0853 e. The Bertz CT molecular complexity index is 1160. The van der Waals surface area contributed by atoms with Crippen LogP contribution in [0, 0.1) is 0 Å². The highest BCUT2D eigenvalue weighted by Crippen LogP contribution is 2.32. The zero-order valence-electron chi connectivity index (χ0n) is 16.9. The van der Waals surface area contributed by atoms with Crippen LogP contribution >= 0.6 is 11.6 Å². The van der Waals surface area contributed by atoms with Crippen LogP contribution in [0.4, 0.5) is 17.1 Å². The van der Waals surface area contributed by atoms with Gasteiger partial charge in [-0.25, -0.2) is 0 Å². The minimum absolute atomic E-state index is 0.0945. The van der Waals surface area contributed by atoms with Gasteiger partial charge in [-0.15, -0.1) is 0 Å². The molecule has 0 bridgehead atoms. The second-order valence-corrected chi connectivity index (χ2v) is 7.61. The molecule has 154 valence electrons. The van der Waals surface area contributed by atoms with E-state index in [1.165, 1.54) is 22.0 Å². The van der Waals surface area contributed by atoms with Gasteiger partial charge in [0.15, 0.2) is 0 Å². The van der Waals surface area contributed by atoms with Gasteiger partial charge in [0.2, 0.25) is 0 Å². The summed E-state index contributed by atoms with van der Waals surface area (Å²) in [6, 6.07) is 16.1. The van der Waals surface area contributed by atoms with Crippen LogP contribution in [0.5, 0.6) is 0 Å². The fourth-order valence-corrected chi connectivity index (χ4v) is 3.85. The Labute approximate surface area is 181 Å². The highest BCUT2D eigenvalue weighted by atomic mass is 35.5. The molecular formula is C24H25ClN4O. The minimum Gasteiger partial charge on any atom is -0.390 e. The third kappa shape index (κ3) is 4.42. The number of rotatable bonds is 8. The topological polar surface area (TPSA) is 73.0 Å². The van der Waals surface area contributed by atoms with Crippen LogP contribution < -0.4 is 10.6 Å². The van der Waals surface area contributed by atoms with E-state index in [0.717, 1.165) is 36.4 Å². The molecule has 30 heavy (non-hydrogen) atoms. The number of hydrogen-bond donors (Lipinski definition) is 4. The number of benzene rings is 2. The number of nitrogens with one attached hydrogen (secondary N) is 3. The fraction of sp³-hybridized carbons (Fsp3) is 0.208. The van der Waals surface area contributed by atoms with Crippen LogP contribution in [-0.4, -0.2) is 21.6 Å². The molecule has 2 aromatic heterocycles. The summed E-state index contributed by atoms with van der Waals surface area (Å²) >= 11 is 6.57. The van der Waals surface area contributed by atoms with E-state index in [-0.39, 0.29) is 6.61 Å². The minimum atomic E-state index is -0.0945. The molecule has 0 saturated heterocycles. The highest BCUT2D eigenvalue weighted by Gasteiger charge is 2.09. The summed E-state index contributed by atoms with van der Waals surface area (Å²) in [5.41, 5.74) is 7.01. The van der Waals surface area contributed by atoms with Gasteiger partial charge in [0.1, 0.15) is 0 Å². The number of aromatic amines is 1. The second kappa shape index (κ2) is 9.20. The van der Waals surface area contributed by atoms with E-state index in [1.54, 1.807) is 6.20 Å². The first kappa shape index (κ1) is 20.3. The van der Waals surface area contributed by atoms with Gasteiger partial charge in [-0.2, -0.15) is 0 Å². The van der Waals surface area contributed by atoms with Gasteiger partial charge >= 0.3 is 0 Å². The molecule has 0 unspecified atom stereocenters. The van der Waals surface area contributed by atoms with Crippen LogP contribution in [0.25, 0.3) is 10.9 Å². The van der Waals surface area contributed by atoms with Crippen molar-refractivity contribution in [1.29, 1.82) is 0 Å². The van der Waals surface area contributed by atoms with Crippen molar-refractivity contribution in [3.63, 3.8) is 0 Å². The average molecular weight is 421 g/mol. The van der Waals surface area contributed by atoms with Crippen molar-refractivity contribution in [2.45, 2.75) is 26.4 Å². The molecule has 0 atom stereocenters. The molecule has 0 saturated carbocycles. The molecule has 2 aromatic carbocycles. The van der Waals surface area contributed by atoms with Crippen LogP contribution in [0.1, 0.15) is 23.7 Å². The molecule has 0 aliphatic heterocycles. The van der Waals surface area contributed by atoms with E-state index in [9.17, 15) is 5.11 Å². The van der Waals surface area contributed by atoms with E-state index >= 15 is 0 Å². The van der Waals surface area contributed by atoms with Gasteiger partial charge < -0.3 is 20.7 Å². The molecule has 0 amide bonds. The third-order valence-corrected chi connectivity index (χ3v) is 5.53. The highest BCUT2D eigenvalue weighted by molar-refractivity contribution is 6.33. The Morgan fingerprint density at radius 3 is 2.77 bits per heavy atom. The van der Waals surface area contributed by atoms with Gasteiger partial charge in [0, 0.05) is 41.2 Å². The normalized spacial score (nSPS) is 11.0. The summed E-state index contributed by atoms with van der Waals surface area (Å²) in [7, 11) is 0. The number of para-hydroxylation sites is 1. The molecule has 0 aliphatic carbocycles. The number of aryl methyl sites for hydroxylation is 1. The molecule has 4 aromatic rings. The van der Waals surface area contributed by atoms with Gasteiger partial charge in [0.25, 0.3) is 0 Å². The summed E-state index contributed by atoms with van der Waals surface area (Å²) < 4.78 is 0.